The Kier molecular flexibility index (Phi) is 5.17. The van der Waals surface area contributed by atoms with Crippen LogP contribution in [0.25, 0.3) is 0 Å². The minimum absolute atomic E-state index is 0.406. The summed E-state index contributed by atoms with van der Waals surface area (Å²) in [5.74, 6) is 0. The van der Waals surface area contributed by atoms with Gasteiger partial charge in [0.2, 0.25) is 0 Å². The number of nitrogens with zero attached hydrogens (tertiary/aromatic N) is 1. The summed E-state index contributed by atoms with van der Waals surface area (Å²) in [5, 5.41) is 20.2. The summed E-state index contributed by atoms with van der Waals surface area (Å²) in [7, 11) is -1.26. The largest absolute Gasteiger partial charge is 0.493 e. The van der Waals surface area contributed by atoms with Crippen LogP contribution < -0.4 is 5.46 Å². The number of ether oxygens (including phenoxy) is 1. The van der Waals surface area contributed by atoms with Gasteiger partial charge in [-0.2, -0.15) is 0 Å². The van der Waals surface area contributed by atoms with Crippen molar-refractivity contribution >= 4 is 18.7 Å². The minimum atomic E-state index is -1.26. The Labute approximate surface area is 132 Å². The van der Waals surface area contributed by atoms with E-state index in [1.54, 1.807) is 54.5 Å². The molecule has 0 aromatic carbocycles. The lowest BCUT2D eigenvalue weighted by molar-refractivity contribution is -0.0982. The number of carbonyl (C=O) groups excluding carboxylic acids is 1. The normalized spacial score (nSPS) is 13.1. The van der Waals surface area contributed by atoms with Gasteiger partial charge in [0, 0.05) is 17.9 Å². The molecule has 0 unspecified atom stereocenters. The van der Waals surface area contributed by atoms with E-state index in [9.17, 15) is 14.9 Å². The van der Waals surface area contributed by atoms with Crippen molar-refractivity contribution in [3.05, 3.63) is 18.5 Å². The predicted molar refractivity (Wildman–Crippen MR) is 85.1 cm³/mol. The van der Waals surface area contributed by atoms with E-state index in [4.69, 9.17) is 9.39 Å². The number of aliphatic hydroxyl groups is 1. The number of carbonyl (C=O) groups is 1. The highest BCUT2D eigenvalue weighted by molar-refractivity contribution is 6.60. The Hall–Kier alpha value is -1.31. The van der Waals surface area contributed by atoms with Gasteiger partial charge in [-0.05, 0) is 54.5 Å². The maximum Gasteiger partial charge on any atom is 0.493 e. The van der Waals surface area contributed by atoms with E-state index in [0.717, 1.165) is 0 Å². The Balaban J connectivity index is 2.82. The summed E-state index contributed by atoms with van der Waals surface area (Å²) in [6, 6.07) is 1.56. The van der Waals surface area contributed by atoms with Crippen LogP contribution in [0.15, 0.2) is 18.5 Å². The van der Waals surface area contributed by atoms with Crippen molar-refractivity contribution in [2.75, 3.05) is 0 Å². The van der Waals surface area contributed by atoms with Crippen molar-refractivity contribution < 1.29 is 24.3 Å². The van der Waals surface area contributed by atoms with E-state index < -0.39 is 30.0 Å². The molecule has 0 atom stereocenters. The molecule has 7 heteroatoms. The molecule has 1 aromatic rings. The Morgan fingerprint density at radius 3 is 2.18 bits per heavy atom. The zero-order chi connectivity index (χ0) is 17.3. The number of aromatic nitrogens is 1. The van der Waals surface area contributed by atoms with Gasteiger partial charge in [0.05, 0.1) is 11.2 Å². The predicted octanol–water partition coefficient (Wildman–Crippen LogP) is 1.52. The number of rotatable bonds is 4. The molecule has 0 aliphatic carbocycles. The smallest absolute Gasteiger partial charge is 0.443 e. The van der Waals surface area contributed by atoms with Gasteiger partial charge in [0.1, 0.15) is 5.60 Å². The first-order valence-corrected chi connectivity index (χ1v) is 7.22. The van der Waals surface area contributed by atoms with Gasteiger partial charge in [-0.15, -0.1) is 0 Å². The fourth-order valence-electron chi connectivity index (χ4n) is 1.48. The maximum absolute atomic E-state index is 11.9. The molecule has 2 N–H and O–H groups in total. The quantitative estimate of drug-likeness (QED) is 0.824. The van der Waals surface area contributed by atoms with Crippen LogP contribution in [-0.4, -0.2) is 44.7 Å². The lowest BCUT2D eigenvalue weighted by atomic mass is 9.78. The molecule has 6 nitrogen and oxygen atoms in total. The SMILES string of the molecule is CC(C)(C)OC(=O)n1ccc(B(O)OC(C)(C)C(C)(C)O)c1. The molecule has 0 aliphatic rings. The summed E-state index contributed by atoms with van der Waals surface area (Å²) in [4.78, 5) is 11.9. The molecule has 0 saturated carbocycles. The lowest BCUT2D eigenvalue weighted by Gasteiger charge is -2.38. The highest BCUT2D eigenvalue weighted by Gasteiger charge is 2.39. The molecular formula is C15H26BNO5. The van der Waals surface area contributed by atoms with Gasteiger partial charge < -0.3 is 19.5 Å². The fourth-order valence-corrected chi connectivity index (χ4v) is 1.48. The maximum atomic E-state index is 11.9. The van der Waals surface area contributed by atoms with Crippen LogP contribution >= 0.6 is 0 Å². The second kappa shape index (κ2) is 6.06. The molecule has 0 bridgehead atoms. The first-order chi connectivity index (χ1) is 9.73. The monoisotopic (exact) mass is 311 g/mol. The molecule has 0 spiro atoms. The Morgan fingerprint density at radius 1 is 1.18 bits per heavy atom. The molecule has 124 valence electrons. The molecular weight excluding hydrogens is 285 g/mol. The summed E-state index contributed by atoms with van der Waals surface area (Å²) < 4.78 is 12.0. The molecule has 1 rings (SSSR count). The number of hydrogen-bond acceptors (Lipinski definition) is 5. The van der Waals surface area contributed by atoms with E-state index in [0.29, 0.717) is 5.46 Å². The van der Waals surface area contributed by atoms with Crippen LogP contribution in [-0.2, 0) is 9.39 Å². The topological polar surface area (TPSA) is 80.9 Å². The Bertz CT molecular complexity index is 525. The zero-order valence-electron chi connectivity index (χ0n) is 14.4. The van der Waals surface area contributed by atoms with Crippen molar-refractivity contribution in [3.63, 3.8) is 0 Å². The standard InChI is InChI=1S/C15H26BNO5/c1-13(2,3)21-12(18)17-9-8-11(10-17)16(20)22-15(6,7)14(4,5)19/h8-10,19-20H,1-7H3. The second-order valence-corrected chi connectivity index (χ2v) is 7.37. The summed E-state index contributed by atoms with van der Waals surface area (Å²) in [6.07, 6.45) is 2.40. The van der Waals surface area contributed by atoms with Crippen LogP contribution in [0.5, 0.6) is 0 Å². The van der Waals surface area contributed by atoms with Gasteiger partial charge in [0.25, 0.3) is 0 Å². The van der Waals surface area contributed by atoms with Crippen molar-refractivity contribution in [3.8, 4) is 0 Å². The Morgan fingerprint density at radius 2 is 1.73 bits per heavy atom. The van der Waals surface area contributed by atoms with Crippen molar-refractivity contribution in [2.24, 2.45) is 0 Å². The molecule has 0 amide bonds. The van der Waals surface area contributed by atoms with Crippen LogP contribution in [0.1, 0.15) is 48.5 Å². The van der Waals surface area contributed by atoms with Crippen molar-refractivity contribution in [1.29, 1.82) is 0 Å². The van der Waals surface area contributed by atoms with Gasteiger partial charge in [0.15, 0.2) is 0 Å². The fraction of sp³-hybridized carbons (Fsp3) is 0.667. The first-order valence-electron chi connectivity index (χ1n) is 7.22. The summed E-state index contributed by atoms with van der Waals surface area (Å²) >= 11 is 0. The highest BCUT2D eigenvalue weighted by atomic mass is 16.6. The summed E-state index contributed by atoms with van der Waals surface area (Å²) in [6.45, 7) is 11.9. The highest BCUT2D eigenvalue weighted by Crippen LogP contribution is 2.25. The van der Waals surface area contributed by atoms with Crippen LogP contribution in [0.3, 0.4) is 0 Å². The molecule has 0 aliphatic heterocycles. The molecule has 0 fully saturated rings. The van der Waals surface area contributed by atoms with E-state index in [1.165, 1.54) is 17.0 Å². The van der Waals surface area contributed by atoms with Crippen LogP contribution in [0.2, 0.25) is 0 Å². The van der Waals surface area contributed by atoms with E-state index in [-0.39, 0.29) is 0 Å². The number of hydrogen-bond donors (Lipinski definition) is 2. The molecule has 22 heavy (non-hydrogen) atoms. The van der Waals surface area contributed by atoms with E-state index >= 15 is 0 Å². The lowest BCUT2D eigenvalue weighted by Crippen LogP contribution is -2.53. The van der Waals surface area contributed by atoms with Gasteiger partial charge in [-0.1, -0.05) is 0 Å². The van der Waals surface area contributed by atoms with Gasteiger partial charge in [-0.25, -0.2) is 4.79 Å². The van der Waals surface area contributed by atoms with Gasteiger partial charge in [-0.3, -0.25) is 4.57 Å². The first kappa shape index (κ1) is 18.7. The third-order valence-corrected chi connectivity index (χ3v) is 3.48. The second-order valence-electron chi connectivity index (χ2n) is 7.37. The molecule has 1 heterocycles. The average molecular weight is 311 g/mol. The van der Waals surface area contributed by atoms with E-state index in [1.807, 2.05) is 0 Å². The molecule has 0 radical (unpaired) electrons. The van der Waals surface area contributed by atoms with Crippen molar-refractivity contribution in [1.82, 2.24) is 4.57 Å². The van der Waals surface area contributed by atoms with Gasteiger partial charge >= 0.3 is 13.2 Å². The third-order valence-electron chi connectivity index (χ3n) is 3.48. The summed E-state index contributed by atoms with van der Waals surface area (Å²) in [5.41, 5.74) is -2.30. The van der Waals surface area contributed by atoms with E-state index in [2.05, 4.69) is 0 Å². The minimum Gasteiger partial charge on any atom is -0.443 e. The van der Waals surface area contributed by atoms with Crippen LogP contribution in [0, 0.1) is 0 Å². The van der Waals surface area contributed by atoms with Crippen molar-refractivity contribution in [2.45, 2.75) is 65.3 Å². The zero-order valence-corrected chi connectivity index (χ0v) is 14.4. The van der Waals surface area contributed by atoms with Crippen LogP contribution in [0.4, 0.5) is 4.79 Å². The molecule has 0 saturated heterocycles. The average Bonchev–Trinajstić information content (AvgIpc) is 2.73. The molecule has 1 aromatic heterocycles. The third kappa shape index (κ3) is 4.86.